The number of rotatable bonds is 4. The molecular weight excluding hydrogens is 401 g/mol. The maximum Gasteiger partial charge on any atom is 0.255 e. The SMILES string of the molecule is CC(CCl)(NC(=O)c1cc(I)ccc1O)c1ccccc1. The summed E-state index contributed by atoms with van der Waals surface area (Å²) in [6.45, 7) is 1.86. The lowest BCUT2D eigenvalue weighted by molar-refractivity contribution is 0.0910. The van der Waals surface area contributed by atoms with Crippen molar-refractivity contribution in [2.75, 3.05) is 5.88 Å². The number of amides is 1. The quantitative estimate of drug-likeness (QED) is 0.588. The van der Waals surface area contributed by atoms with Crippen molar-refractivity contribution in [1.29, 1.82) is 0 Å². The minimum atomic E-state index is -0.701. The van der Waals surface area contributed by atoms with Gasteiger partial charge in [-0.3, -0.25) is 4.79 Å². The van der Waals surface area contributed by atoms with Gasteiger partial charge in [-0.2, -0.15) is 0 Å². The van der Waals surface area contributed by atoms with Gasteiger partial charge in [0.2, 0.25) is 0 Å². The van der Waals surface area contributed by atoms with Gasteiger partial charge in [-0.25, -0.2) is 0 Å². The van der Waals surface area contributed by atoms with Gasteiger partial charge in [0, 0.05) is 9.45 Å². The minimum Gasteiger partial charge on any atom is -0.507 e. The number of hydrogen-bond donors (Lipinski definition) is 2. The Morgan fingerprint density at radius 1 is 1.29 bits per heavy atom. The van der Waals surface area contributed by atoms with Gasteiger partial charge in [-0.1, -0.05) is 30.3 Å². The number of carbonyl (C=O) groups excluding carboxylic acids is 1. The molecule has 0 saturated carbocycles. The fourth-order valence-electron chi connectivity index (χ4n) is 2.00. The molecular formula is C16H15ClINO2. The predicted molar refractivity (Wildman–Crippen MR) is 92.8 cm³/mol. The number of aromatic hydroxyl groups is 1. The number of carbonyl (C=O) groups is 1. The Morgan fingerprint density at radius 2 is 1.95 bits per heavy atom. The molecule has 5 heteroatoms. The summed E-state index contributed by atoms with van der Waals surface area (Å²) in [5, 5.41) is 12.8. The molecule has 1 atom stereocenters. The topological polar surface area (TPSA) is 49.3 Å². The van der Waals surface area contributed by atoms with E-state index in [0.29, 0.717) is 0 Å². The molecule has 2 N–H and O–H groups in total. The van der Waals surface area contributed by atoms with Gasteiger partial charge in [-0.05, 0) is 53.3 Å². The fourth-order valence-corrected chi connectivity index (χ4v) is 2.71. The van der Waals surface area contributed by atoms with Crippen molar-refractivity contribution >= 4 is 40.1 Å². The highest BCUT2D eigenvalue weighted by molar-refractivity contribution is 14.1. The van der Waals surface area contributed by atoms with Crippen molar-refractivity contribution < 1.29 is 9.90 Å². The van der Waals surface area contributed by atoms with E-state index in [1.165, 1.54) is 6.07 Å². The Hall–Kier alpha value is -1.27. The molecule has 0 saturated heterocycles. The van der Waals surface area contributed by atoms with Crippen molar-refractivity contribution in [3.63, 3.8) is 0 Å². The molecule has 0 spiro atoms. The molecule has 2 aromatic carbocycles. The first-order chi connectivity index (χ1) is 9.96. The number of alkyl halides is 1. The van der Waals surface area contributed by atoms with Crippen LogP contribution in [0.1, 0.15) is 22.8 Å². The zero-order chi connectivity index (χ0) is 15.5. The molecule has 0 heterocycles. The van der Waals surface area contributed by atoms with E-state index >= 15 is 0 Å². The van der Waals surface area contributed by atoms with Crippen LogP contribution in [0.15, 0.2) is 48.5 Å². The minimum absolute atomic E-state index is 0.0436. The van der Waals surface area contributed by atoms with Crippen LogP contribution < -0.4 is 5.32 Å². The average Bonchev–Trinajstić information content (AvgIpc) is 2.50. The van der Waals surface area contributed by atoms with E-state index < -0.39 is 5.54 Å². The molecule has 0 aliphatic rings. The lowest BCUT2D eigenvalue weighted by atomic mass is 9.93. The van der Waals surface area contributed by atoms with Crippen LogP contribution in [-0.2, 0) is 5.54 Å². The van der Waals surface area contributed by atoms with E-state index in [-0.39, 0.29) is 23.1 Å². The van der Waals surface area contributed by atoms with Crippen LogP contribution in [0.25, 0.3) is 0 Å². The first-order valence-electron chi connectivity index (χ1n) is 6.39. The third-order valence-corrected chi connectivity index (χ3v) is 4.48. The van der Waals surface area contributed by atoms with Crippen molar-refractivity contribution in [2.45, 2.75) is 12.5 Å². The Kier molecular flexibility index (Phi) is 5.11. The molecule has 0 aliphatic carbocycles. The molecule has 1 unspecified atom stereocenters. The molecule has 21 heavy (non-hydrogen) atoms. The Balaban J connectivity index is 2.30. The molecule has 3 nitrogen and oxygen atoms in total. The molecule has 110 valence electrons. The highest BCUT2D eigenvalue weighted by Crippen LogP contribution is 2.25. The maximum atomic E-state index is 12.4. The second-order valence-electron chi connectivity index (χ2n) is 4.95. The number of phenolic OH excluding ortho intramolecular Hbond substituents is 1. The normalized spacial score (nSPS) is 13.5. The van der Waals surface area contributed by atoms with Gasteiger partial charge >= 0.3 is 0 Å². The fraction of sp³-hybridized carbons (Fsp3) is 0.188. The number of nitrogens with one attached hydrogen (secondary N) is 1. The largest absolute Gasteiger partial charge is 0.507 e. The van der Waals surface area contributed by atoms with Gasteiger partial charge in [0.1, 0.15) is 5.75 Å². The summed E-state index contributed by atoms with van der Waals surface area (Å²) >= 11 is 8.16. The van der Waals surface area contributed by atoms with Gasteiger partial charge in [0.15, 0.2) is 0 Å². The number of halogens is 2. The van der Waals surface area contributed by atoms with Crippen LogP contribution in [0.3, 0.4) is 0 Å². The second-order valence-corrected chi connectivity index (χ2v) is 6.46. The van der Waals surface area contributed by atoms with E-state index in [9.17, 15) is 9.90 Å². The summed E-state index contributed by atoms with van der Waals surface area (Å²) in [5.74, 6) is -0.163. The smallest absolute Gasteiger partial charge is 0.255 e. The van der Waals surface area contributed by atoms with E-state index in [1.807, 2.05) is 37.3 Å². The van der Waals surface area contributed by atoms with Gasteiger partial charge < -0.3 is 10.4 Å². The standard InChI is InChI=1S/C16H15ClINO2/c1-16(10-17,11-5-3-2-4-6-11)19-15(21)13-9-12(18)7-8-14(13)20/h2-9,20H,10H2,1H3,(H,19,21). The zero-order valence-corrected chi connectivity index (χ0v) is 14.4. The van der Waals surface area contributed by atoms with Crippen molar-refractivity contribution in [2.24, 2.45) is 0 Å². The second kappa shape index (κ2) is 6.66. The lowest BCUT2D eigenvalue weighted by Gasteiger charge is -2.29. The molecule has 2 rings (SSSR count). The summed E-state index contributed by atoms with van der Waals surface area (Å²) in [4.78, 5) is 12.4. The third-order valence-electron chi connectivity index (χ3n) is 3.27. The first-order valence-corrected chi connectivity index (χ1v) is 8.00. The summed E-state index contributed by atoms with van der Waals surface area (Å²) in [7, 11) is 0. The van der Waals surface area contributed by atoms with Gasteiger partial charge in [-0.15, -0.1) is 11.6 Å². The number of hydrogen-bond acceptors (Lipinski definition) is 2. The van der Waals surface area contributed by atoms with Crippen LogP contribution in [0.4, 0.5) is 0 Å². The Morgan fingerprint density at radius 3 is 2.57 bits per heavy atom. The highest BCUT2D eigenvalue weighted by Gasteiger charge is 2.28. The molecule has 0 radical (unpaired) electrons. The van der Waals surface area contributed by atoms with Crippen LogP contribution in [0.2, 0.25) is 0 Å². The van der Waals surface area contributed by atoms with E-state index in [4.69, 9.17) is 11.6 Å². The lowest BCUT2D eigenvalue weighted by Crippen LogP contribution is -2.45. The summed E-state index contributed by atoms with van der Waals surface area (Å²) < 4.78 is 0.878. The van der Waals surface area contributed by atoms with Crippen molar-refractivity contribution in [1.82, 2.24) is 5.32 Å². The maximum absolute atomic E-state index is 12.4. The van der Waals surface area contributed by atoms with Crippen molar-refractivity contribution in [3.8, 4) is 5.75 Å². The van der Waals surface area contributed by atoms with Crippen LogP contribution >= 0.6 is 34.2 Å². The summed E-state index contributed by atoms with van der Waals surface area (Å²) in [5.41, 5.74) is 0.459. The molecule has 0 fully saturated rings. The van der Waals surface area contributed by atoms with Crippen molar-refractivity contribution in [3.05, 3.63) is 63.2 Å². The predicted octanol–water partition coefficient (Wildman–Crippen LogP) is 3.88. The number of benzene rings is 2. The first kappa shape index (κ1) is 16.1. The van der Waals surface area contributed by atoms with Gasteiger partial charge in [0.25, 0.3) is 5.91 Å². The monoisotopic (exact) mass is 415 g/mol. The van der Waals surface area contributed by atoms with Crippen LogP contribution in [0.5, 0.6) is 5.75 Å². The van der Waals surface area contributed by atoms with E-state index in [0.717, 1.165) is 9.13 Å². The Labute approximate surface area is 142 Å². The third kappa shape index (κ3) is 3.68. The molecule has 1 amide bonds. The summed E-state index contributed by atoms with van der Waals surface area (Å²) in [6.07, 6.45) is 0. The highest BCUT2D eigenvalue weighted by atomic mass is 127. The average molecular weight is 416 g/mol. The zero-order valence-electron chi connectivity index (χ0n) is 11.4. The Bertz CT molecular complexity index is 648. The van der Waals surface area contributed by atoms with Crippen LogP contribution in [-0.4, -0.2) is 16.9 Å². The van der Waals surface area contributed by atoms with Gasteiger partial charge in [0.05, 0.1) is 11.1 Å². The van der Waals surface area contributed by atoms with E-state index in [2.05, 4.69) is 27.9 Å². The number of phenols is 1. The molecule has 0 aliphatic heterocycles. The molecule has 0 bridgehead atoms. The molecule has 2 aromatic rings. The summed E-state index contributed by atoms with van der Waals surface area (Å²) in [6, 6.07) is 14.4. The van der Waals surface area contributed by atoms with Crippen LogP contribution in [0, 0.1) is 3.57 Å². The van der Waals surface area contributed by atoms with E-state index in [1.54, 1.807) is 12.1 Å². The molecule has 0 aromatic heterocycles.